The molecule has 1 aromatic heterocycles. The van der Waals surface area contributed by atoms with Crippen molar-refractivity contribution in [2.24, 2.45) is 0 Å². The molecule has 0 radical (unpaired) electrons. The molecule has 32 heavy (non-hydrogen) atoms. The third kappa shape index (κ3) is 5.58. The van der Waals surface area contributed by atoms with Gasteiger partial charge in [0.05, 0.1) is 0 Å². The average molecular weight is 424 g/mol. The van der Waals surface area contributed by atoms with Gasteiger partial charge in [-0.2, -0.15) is 0 Å². The van der Waals surface area contributed by atoms with E-state index in [4.69, 9.17) is 0 Å². The summed E-state index contributed by atoms with van der Waals surface area (Å²) in [4.78, 5) is 31.0. The van der Waals surface area contributed by atoms with Gasteiger partial charge >= 0.3 is 0 Å². The molecule has 2 amide bonds. The number of nitrogens with zero attached hydrogens (tertiary/aromatic N) is 2. The van der Waals surface area contributed by atoms with E-state index in [9.17, 15) is 9.59 Å². The number of hydrogen-bond acceptors (Lipinski definition) is 3. The van der Waals surface area contributed by atoms with Crippen molar-refractivity contribution in [3.63, 3.8) is 0 Å². The van der Waals surface area contributed by atoms with E-state index in [1.165, 1.54) is 11.1 Å². The molecule has 1 N–H and O–H groups in total. The predicted octanol–water partition coefficient (Wildman–Crippen LogP) is 5.05. The quantitative estimate of drug-likeness (QED) is 0.584. The Hall–Kier alpha value is -3.99. The van der Waals surface area contributed by atoms with E-state index in [-0.39, 0.29) is 11.8 Å². The Morgan fingerprint density at radius 3 is 2.38 bits per heavy atom. The minimum Gasteiger partial charge on any atom is -0.339 e. The molecule has 1 aliphatic heterocycles. The maximum absolute atomic E-state index is 12.7. The van der Waals surface area contributed by atoms with Crippen LogP contribution in [0.2, 0.25) is 0 Å². The Morgan fingerprint density at radius 1 is 0.906 bits per heavy atom. The van der Waals surface area contributed by atoms with Gasteiger partial charge in [-0.3, -0.25) is 9.59 Å². The number of carbonyl (C=O) groups excluding carboxylic acids is 2. The van der Waals surface area contributed by atoms with E-state index in [0.29, 0.717) is 24.5 Å². The predicted molar refractivity (Wildman–Crippen MR) is 128 cm³/mol. The second-order valence-electron chi connectivity index (χ2n) is 7.59. The Balaban J connectivity index is 1.31. The Bertz CT molecular complexity index is 1120. The van der Waals surface area contributed by atoms with E-state index in [1.54, 1.807) is 36.5 Å². The van der Waals surface area contributed by atoms with E-state index in [2.05, 4.69) is 28.5 Å². The fourth-order valence-corrected chi connectivity index (χ4v) is 3.63. The minimum atomic E-state index is -0.207. The van der Waals surface area contributed by atoms with Gasteiger partial charge in [0.2, 0.25) is 5.91 Å². The third-order valence-corrected chi connectivity index (χ3v) is 5.38. The van der Waals surface area contributed by atoms with Gasteiger partial charge in [-0.25, -0.2) is 4.98 Å². The van der Waals surface area contributed by atoms with Crippen molar-refractivity contribution in [1.29, 1.82) is 0 Å². The number of hydrogen-bond donors (Lipinski definition) is 1. The molecule has 0 aliphatic carbocycles. The third-order valence-electron chi connectivity index (χ3n) is 5.38. The number of carbonyl (C=O) groups is 2. The smallest absolute Gasteiger partial charge is 0.256 e. The molecular formula is C27H25N3O2. The number of benzene rings is 2. The van der Waals surface area contributed by atoms with Gasteiger partial charge in [-0.1, -0.05) is 54.6 Å². The zero-order valence-electron chi connectivity index (χ0n) is 17.8. The standard InChI is InChI=1S/C27H25N3O2/c31-26(30-18-7-12-23(17-19-30)22-8-3-1-4-9-22)16-14-21-13-15-25(28-20-21)29-27(32)24-10-5-2-6-11-24/h1-6,8-16,20H,7,17-19H2,(H,28,29,32)/b16-14+. The molecule has 0 saturated heterocycles. The number of rotatable bonds is 5. The lowest BCUT2D eigenvalue weighted by Gasteiger charge is -2.18. The highest BCUT2D eigenvalue weighted by Crippen LogP contribution is 2.22. The monoisotopic (exact) mass is 423 g/mol. The SMILES string of the molecule is O=C(Nc1ccc(/C=C/C(=O)N2CCC=C(c3ccccc3)CC2)cn1)c1ccccc1. The second kappa shape index (κ2) is 10.4. The Labute approximate surface area is 188 Å². The molecule has 5 heteroatoms. The fraction of sp³-hybridized carbons (Fsp3) is 0.148. The molecule has 2 heterocycles. The summed E-state index contributed by atoms with van der Waals surface area (Å²) < 4.78 is 0. The summed E-state index contributed by atoms with van der Waals surface area (Å²) in [5, 5.41) is 2.77. The molecular weight excluding hydrogens is 398 g/mol. The molecule has 0 bridgehead atoms. The fourth-order valence-electron chi connectivity index (χ4n) is 3.63. The molecule has 0 spiro atoms. The van der Waals surface area contributed by atoms with Crippen LogP contribution in [0.1, 0.15) is 34.3 Å². The van der Waals surface area contributed by atoms with Crippen molar-refractivity contribution >= 4 is 29.3 Å². The van der Waals surface area contributed by atoms with E-state index >= 15 is 0 Å². The van der Waals surface area contributed by atoms with Crippen molar-refractivity contribution in [1.82, 2.24) is 9.88 Å². The lowest BCUT2D eigenvalue weighted by molar-refractivity contribution is -0.125. The highest BCUT2D eigenvalue weighted by Gasteiger charge is 2.15. The summed E-state index contributed by atoms with van der Waals surface area (Å²) in [5.41, 5.74) is 3.89. The van der Waals surface area contributed by atoms with Crippen molar-refractivity contribution in [3.05, 3.63) is 108 Å². The van der Waals surface area contributed by atoms with Gasteiger partial charge < -0.3 is 10.2 Å². The number of nitrogens with one attached hydrogen (secondary N) is 1. The van der Waals surface area contributed by atoms with Gasteiger partial charge in [0.15, 0.2) is 0 Å². The average Bonchev–Trinajstić information content (AvgIpc) is 3.11. The summed E-state index contributed by atoms with van der Waals surface area (Å²) in [6.45, 7) is 1.41. The number of pyridine rings is 1. The van der Waals surface area contributed by atoms with Crippen LogP contribution in [0, 0.1) is 0 Å². The van der Waals surface area contributed by atoms with Crippen LogP contribution < -0.4 is 5.32 Å². The van der Waals surface area contributed by atoms with Crippen molar-refractivity contribution < 1.29 is 9.59 Å². The first-order chi connectivity index (χ1) is 15.7. The molecule has 0 unspecified atom stereocenters. The van der Waals surface area contributed by atoms with Gasteiger partial charge in [-0.15, -0.1) is 0 Å². The van der Waals surface area contributed by atoms with Crippen LogP contribution in [0.4, 0.5) is 5.82 Å². The van der Waals surface area contributed by atoms with Gasteiger partial charge in [-0.05, 0) is 59.9 Å². The van der Waals surface area contributed by atoms with Crippen molar-refractivity contribution in [2.45, 2.75) is 12.8 Å². The molecule has 2 aromatic carbocycles. The zero-order chi connectivity index (χ0) is 22.2. The maximum atomic E-state index is 12.7. The zero-order valence-corrected chi connectivity index (χ0v) is 17.8. The second-order valence-corrected chi connectivity index (χ2v) is 7.59. The van der Waals surface area contributed by atoms with Crippen molar-refractivity contribution in [2.75, 3.05) is 18.4 Å². The lowest BCUT2D eigenvalue weighted by Crippen LogP contribution is -2.30. The van der Waals surface area contributed by atoms with E-state index in [1.807, 2.05) is 47.4 Å². The largest absolute Gasteiger partial charge is 0.339 e. The topological polar surface area (TPSA) is 62.3 Å². The maximum Gasteiger partial charge on any atom is 0.256 e. The van der Waals surface area contributed by atoms with Crippen molar-refractivity contribution in [3.8, 4) is 0 Å². The Kier molecular flexibility index (Phi) is 6.88. The van der Waals surface area contributed by atoms with Crippen LogP contribution in [0.15, 0.2) is 91.1 Å². The summed E-state index contributed by atoms with van der Waals surface area (Å²) >= 11 is 0. The van der Waals surface area contributed by atoms with Crippen LogP contribution in [-0.2, 0) is 4.79 Å². The van der Waals surface area contributed by atoms with E-state index in [0.717, 1.165) is 18.4 Å². The molecule has 160 valence electrons. The summed E-state index contributed by atoms with van der Waals surface area (Å²) in [7, 11) is 0. The highest BCUT2D eigenvalue weighted by atomic mass is 16.2. The molecule has 3 aromatic rings. The molecule has 1 aliphatic rings. The molecule has 5 nitrogen and oxygen atoms in total. The first kappa shape index (κ1) is 21.2. The van der Waals surface area contributed by atoms with Crippen LogP contribution >= 0.6 is 0 Å². The van der Waals surface area contributed by atoms with Crippen LogP contribution in [0.3, 0.4) is 0 Å². The Morgan fingerprint density at radius 2 is 1.66 bits per heavy atom. The van der Waals surface area contributed by atoms with Gasteiger partial charge in [0, 0.05) is 30.9 Å². The highest BCUT2D eigenvalue weighted by molar-refractivity contribution is 6.03. The normalized spacial score (nSPS) is 14.0. The lowest BCUT2D eigenvalue weighted by atomic mass is 10.0. The van der Waals surface area contributed by atoms with Gasteiger partial charge in [0.1, 0.15) is 5.82 Å². The first-order valence-corrected chi connectivity index (χ1v) is 10.7. The summed E-state index contributed by atoms with van der Waals surface area (Å²) in [5.74, 6) is 0.254. The molecule has 0 fully saturated rings. The first-order valence-electron chi connectivity index (χ1n) is 10.7. The van der Waals surface area contributed by atoms with Crippen LogP contribution in [0.25, 0.3) is 11.6 Å². The summed E-state index contributed by atoms with van der Waals surface area (Å²) in [6.07, 6.45) is 8.92. The van der Waals surface area contributed by atoms with Crippen LogP contribution in [-0.4, -0.2) is 34.8 Å². The number of anilines is 1. The minimum absolute atomic E-state index is 0.00540. The molecule has 0 saturated carbocycles. The number of aromatic nitrogens is 1. The number of amides is 2. The van der Waals surface area contributed by atoms with Crippen LogP contribution in [0.5, 0.6) is 0 Å². The van der Waals surface area contributed by atoms with E-state index < -0.39 is 0 Å². The molecule has 4 rings (SSSR count). The van der Waals surface area contributed by atoms with Gasteiger partial charge in [0.25, 0.3) is 5.91 Å². The molecule has 0 atom stereocenters. The summed E-state index contributed by atoms with van der Waals surface area (Å²) in [6, 6.07) is 22.9.